The average molecular weight is 584 g/mol. The Hall–Kier alpha value is -4.44. The van der Waals surface area contributed by atoms with Crippen molar-refractivity contribution in [3.05, 3.63) is 94.7 Å². The standard InChI is InChI=1S/C33H37N5O5/c1-35-15-11-27-29(35)34-22-38(32(27)41)21-33(42)13-17-36(18-14-33)31(40)26-12-16-37(20-28(26)23-7-4-3-5-8-23)30(39)24-9-6-10-25(19-24)43-2/h3-11,15,19,22,26,28,42H,12-14,16-18,20-21H2,1-2H3/t26-,28+/m1/s1. The van der Waals surface area contributed by atoms with Crippen LogP contribution in [0.3, 0.4) is 0 Å². The molecule has 43 heavy (non-hydrogen) atoms. The van der Waals surface area contributed by atoms with E-state index in [1.54, 1.807) is 42.1 Å². The van der Waals surface area contributed by atoms with Gasteiger partial charge in [0.2, 0.25) is 5.91 Å². The molecule has 6 rings (SSSR count). The number of piperidine rings is 2. The molecule has 4 heterocycles. The van der Waals surface area contributed by atoms with Crippen LogP contribution in [0.25, 0.3) is 11.0 Å². The lowest BCUT2D eigenvalue weighted by atomic mass is 9.79. The van der Waals surface area contributed by atoms with Crippen LogP contribution in [0.5, 0.6) is 5.75 Å². The van der Waals surface area contributed by atoms with Crippen molar-refractivity contribution in [1.82, 2.24) is 23.9 Å². The van der Waals surface area contributed by atoms with Crippen molar-refractivity contribution < 1.29 is 19.4 Å². The van der Waals surface area contributed by atoms with Gasteiger partial charge in [-0.05, 0) is 49.1 Å². The molecule has 0 saturated carbocycles. The summed E-state index contributed by atoms with van der Waals surface area (Å²) in [5, 5.41) is 11.9. The number of nitrogens with zero attached hydrogens (tertiary/aromatic N) is 5. The second kappa shape index (κ2) is 11.7. The number of aromatic nitrogens is 3. The number of methoxy groups -OCH3 is 1. The first kappa shape index (κ1) is 28.7. The van der Waals surface area contributed by atoms with E-state index < -0.39 is 5.60 Å². The SMILES string of the molecule is COc1cccc(C(=O)N2CC[C@@H](C(=O)N3CCC(O)(Cn4cnc5c(ccn5C)c4=O)CC3)[C@H](c3ccccc3)C2)c1. The molecule has 0 unspecified atom stereocenters. The number of carbonyl (C=O) groups is 2. The number of rotatable bonds is 6. The highest BCUT2D eigenvalue weighted by molar-refractivity contribution is 5.95. The molecule has 0 radical (unpaired) electrons. The van der Waals surface area contributed by atoms with E-state index in [1.165, 1.54) is 10.9 Å². The van der Waals surface area contributed by atoms with Crippen molar-refractivity contribution in [1.29, 1.82) is 0 Å². The molecule has 2 atom stereocenters. The van der Waals surface area contributed by atoms with Crippen LogP contribution in [-0.4, -0.2) is 79.7 Å². The smallest absolute Gasteiger partial charge is 0.262 e. The van der Waals surface area contributed by atoms with E-state index >= 15 is 0 Å². The second-order valence-electron chi connectivity index (χ2n) is 11.8. The summed E-state index contributed by atoms with van der Waals surface area (Å²) in [6.45, 7) is 1.84. The Morgan fingerprint density at radius 3 is 2.53 bits per heavy atom. The molecule has 2 aromatic carbocycles. The van der Waals surface area contributed by atoms with Crippen molar-refractivity contribution in [3.63, 3.8) is 0 Å². The van der Waals surface area contributed by atoms with Gasteiger partial charge < -0.3 is 24.2 Å². The molecule has 2 saturated heterocycles. The van der Waals surface area contributed by atoms with E-state index in [2.05, 4.69) is 4.98 Å². The summed E-state index contributed by atoms with van der Waals surface area (Å²) >= 11 is 0. The Bertz CT molecular complexity index is 1690. The largest absolute Gasteiger partial charge is 0.497 e. The third kappa shape index (κ3) is 5.67. The highest BCUT2D eigenvalue weighted by Gasteiger charge is 2.41. The zero-order valence-electron chi connectivity index (χ0n) is 24.6. The summed E-state index contributed by atoms with van der Waals surface area (Å²) in [6.07, 6.45) is 4.56. The lowest BCUT2D eigenvalue weighted by Gasteiger charge is -2.43. The summed E-state index contributed by atoms with van der Waals surface area (Å²) in [6, 6.07) is 18.8. The topological polar surface area (TPSA) is 110 Å². The van der Waals surface area contributed by atoms with Crippen LogP contribution in [-0.2, 0) is 18.4 Å². The number of carbonyl (C=O) groups excluding carboxylic acids is 2. The minimum Gasteiger partial charge on any atom is -0.497 e. The quantitative estimate of drug-likeness (QED) is 0.374. The van der Waals surface area contributed by atoms with Gasteiger partial charge in [-0.15, -0.1) is 0 Å². The van der Waals surface area contributed by atoms with E-state index in [0.717, 1.165) is 5.56 Å². The molecule has 0 bridgehead atoms. The number of hydrogen-bond acceptors (Lipinski definition) is 6. The third-order valence-electron chi connectivity index (χ3n) is 9.08. The Kier molecular flexibility index (Phi) is 7.79. The maximum Gasteiger partial charge on any atom is 0.262 e. The van der Waals surface area contributed by atoms with Crippen LogP contribution in [0.4, 0.5) is 0 Å². The minimum atomic E-state index is -1.11. The lowest BCUT2D eigenvalue weighted by Crippen LogP contribution is -2.53. The first-order valence-corrected chi connectivity index (χ1v) is 14.8. The molecule has 224 valence electrons. The highest BCUT2D eigenvalue weighted by atomic mass is 16.5. The van der Waals surface area contributed by atoms with Crippen molar-refractivity contribution in [2.24, 2.45) is 13.0 Å². The zero-order chi connectivity index (χ0) is 30.1. The molecule has 2 amide bonds. The first-order valence-electron chi connectivity index (χ1n) is 14.8. The van der Waals surface area contributed by atoms with E-state index in [0.29, 0.717) is 67.8 Å². The van der Waals surface area contributed by atoms with E-state index in [9.17, 15) is 19.5 Å². The van der Waals surface area contributed by atoms with Crippen LogP contribution in [0.1, 0.15) is 41.1 Å². The fourth-order valence-electron chi connectivity index (χ4n) is 6.55. The van der Waals surface area contributed by atoms with Gasteiger partial charge >= 0.3 is 0 Å². The van der Waals surface area contributed by atoms with Crippen LogP contribution in [0, 0.1) is 5.92 Å². The third-order valence-corrected chi connectivity index (χ3v) is 9.08. The lowest BCUT2D eigenvalue weighted by molar-refractivity contribution is -0.142. The Labute approximate surface area is 250 Å². The fourth-order valence-corrected chi connectivity index (χ4v) is 6.55. The summed E-state index contributed by atoms with van der Waals surface area (Å²) in [7, 11) is 3.41. The zero-order valence-corrected chi connectivity index (χ0v) is 24.6. The summed E-state index contributed by atoms with van der Waals surface area (Å²) < 4.78 is 8.58. The Morgan fingerprint density at radius 1 is 1.02 bits per heavy atom. The van der Waals surface area contributed by atoms with Gasteiger partial charge in [-0.1, -0.05) is 36.4 Å². The predicted octanol–water partition coefficient (Wildman–Crippen LogP) is 3.04. The minimum absolute atomic E-state index is 0.0499. The molecule has 1 N–H and O–H groups in total. The number of aryl methyl sites for hydroxylation is 1. The predicted molar refractivity (Wildman–Crippen MR) is 162 cm³/mol. The number of fused-ring (bicyclic) bond motifs is 1. The van der Waals surface area contributed by atoms with E-state index in [1.807, 2.05) is 53.2 Å². The molecular weight excluding hydrogens is 546 g/mol. The maximum atomic E-state index is 14.0. The van der Waals surface area contributed by atoms with Crippen LogP contribution >= 0.6 is 0 Å². The van der Waals surface area contributed by atoms with Crippen LogP contribution < -0.4 is 10.3 Å². The summed E-state index contributed by atoms with van der Waals surface area (Å²) in [5.41, 5.74) is 0.903. The normalized spacial score (nSPS) is 20.3. The second-order valence-corrected chi connectivity index (χ2v) is 11.8. The highest BCUT2D eigenvalue weighted by Crippen LogP contribution is 2.36. The fraction of sp³-hybridized carbons (Fsp3) is 0.394. The number of benzene rings is 2. The number of hydrogen-bond donors (Lipinski definition) is 1. The molecule has 10 heteroatoms. The Balaban J connectivity index is 1.15. The molecular formula is C33H37N5O5. The summed E-state index contributed by atoms with van der Waals surface area (Å²) in [4.78, 5) is 48.5. The van der Waals surface area contributed by atoms with Crippen molar-refractivity contribution in [2.45, 2.75) is 37.3 Å². The molecule has 2 aliphatic heterocycles. The molecule has 10 nitrogen and oxygen atoms in total. The number of aliphatic hydroxyl groups is 1. The van der Waals surface area contributed by atoms with E-state index in [-0.39, 0.29) is 35.8 Å². The van der Waals surface area contributed by atoms with Gasteiger partial charge in [0.1, 0.15) is 17.7 Å². The number of amides is 2. The maximum absolute atomic E-state index is 14.0. The van der Waals surface area contributed by atoms with Gasteiger partial charge in [-0.2, -0.15) is 0 Å². The van der Waals surface area contributed by atoms with Crippen LogP contribution in [0.2, 0.25) is 0 Å². The monoisotopic (exact) mass is 583 g/mol. The molecule has 2 aromatic heterocycles. The van der Waals surface area contributed by atoms with Gasteiger partial charge in [0.25, 0.3) is 11.5 Å². The van der Waals surface area contributed by atoms with Gasteiger partial charge in [-0.3, -0.25) is 19.0 Å². The average Bonchev–Trinajstić information content (AvgIpc) is 3.43. The molecule has 2 aliphatic rings. The first-order chi connectivity index (χ1) is 20.8. The van der Waals surface area contributed by atoms with Crippen molar-refractivity contribution in [3.8, 4) is 5.75 Å². The molecule has 2 fully saturated rings. The number of ether oxygens (including phenoxy) is 1. The molecule has 0 spiro atoms. The van der Waals surface area contributed by atoms with Gasteiger partial charge in [0.05, 0.1) is 24.6 Å². The van der Waals surface area contributed by atoms with Gasteiger partial charge in [0.15, 0.2) is 0 Å². The van der Waals surface area contributed by atoms with Gasteiger partial charge in [0, 0.05) is 56.8 Å². The van der Waals surface area contributed by atoms with Crippen LogP contribution in [0.15, 0.2) is 78.0 Å². The van der Waals surface area contributed by atoms with Gasteiger partial charge in [-0.25, -0.2) is 4.98 Å². The number of likely N-dealkylation sites (tertiary alicyclic amines) is 2. The molecule has 4 aromatic rings. The summed E-state index contributed by atoms with van der Waals surface area (Å²) in [5.74, 6) is 0.166. The Morgan fingerprint density at radius 2 is 1.79 bits per heavy atom. The van der Waals surface area contributed by atoms with E-state index in [4.69, 9.17) is 4.74 Å². The van der Waals surface area contributed by atoms with Crippen molar-refractivity contribution >= 4 is 22.8 Å². The van der Waals surface area contributed by atoms with Crippen molar-refractivity contribution in [2.75, 3.05) is 33.3 Å². The molecule has 0 aliphatic carbocycles.